The summed E-state index contributed by atoms with van der Waals surface area (Å²) in [6, 6.07) is 5.53. The largest absolute Gasteiger partial charge is 0.472 e. The topological polar surface area (TPSA) is 75.9 Å². The normalized spacial score (nSPS) is 14.8. The van der Waals surface area contributed by atoms with E-state index < -0.39 is 5.66 Å². The third-order valence-corrected chi connectivity index (χ3v) is 3.46. The van der Waals surface area contributed by atoms with Crippen molar-refractivity contribution in [2.45, 2.75) is 64.3 Å². The molecule has 128 valence electrons. The lowest BCUT2D eigenvalue weighted by Gasteiger charge is -2.20. The minimum Gasteiger partial charge on any atom is -0.472 e. The molecule has 6 nitrogen and oxygen atoms in total. The van der Waals surface area contributed by atoms with Gasteiger partial charge in [0.1, 0.15) is 5.60 Å². The fourth-order valence-electron chi connectivity index (χ4n) is 2.19. The first kappa shape index (κ1) is 17.9. The van der Waals surface area contributed by atoms with E-state index in [0.29, 0.717) is 38.1 Å². The summed E-state index contributed by atoms with van der Waals surface area (Å²) in [5.74, 6) is 3.09. The van der Waals surface area contributed by atoms with Gasteiger partial charge in [0.05, 0.1) is 12.2 Å². The molecule has 2 heterocycles. The SMILES string of the molecule is C#CCCC1(CCC(=O)NCc2cccc(OC(C)(C)C)n2)N=N1. The first-order valence-electron chi connectivity index (χ1n) is 8.11. The zero-order valence-electron chi connectivity index (χ0n) is 14.5. The van der Waals surface area contributed by atoms with Crippen LogP contribution in [0.2, 0.25) is 0 Å². The molecule has 1 aromatic heterocycles. The van der Waals surface area contributed by atoms with E-state index in [1.807, 2.05) is 39.0 Å². The maximum absolute atomic E-state index is 12.0. The van der Waals surface area contributed by atoms with E-state index in [0.717, 1.165) is 5.69 Å². The van der Waals surface area contributed by atoms with Gasteiger partial charge in [-0.1, -0.05) is 6.07 Å². The monoisotopic (exact) mass is 328 g/mol. The van der Waals surface area contributed by atoms with E-state index in [2.05, 4.69) is 26.4 Å². The van der Waals surface area contributed by atoms with Gasteiger partial charge in [0, 0.05) is 31.7 Å². The summed E-state index contributed by atoms with van der Waals surface area (Å²) in [5, 5.41) is 10.9. The van der Waals surface area contributed by atoms with Gasteiger partial charge in [0.25, 0.3) is 0 Å². The van der Waals surface area contributed by atoms with Crippen molar-refractivity contribution in [3.63, 3.8) is 0 Å². The second-order valence-corrected chi connectivity index (χ2v) is 6.84. The molecule has 1 aromatic rings. The number of hydrogen-bond acceptors (Lipinski definition) is 5. The molecule has 0 fully saturated rings. The van der Waals surface area contributed by atoms with Crippen LogP contribution < -0.4 is 10.1 Å². The van der Waals surface area contributed by atoms with Crippen molar-refractivity contribution in [1.29, 1.82) is 0 Å². The number of hydrogen-bond donors (Lipinski definition) is 1. The summed E-state index contributed by atoms with van der Waals surface area (Å²) < 4.78 is 5.72. The van der Waals surface area contributed by atoms with Crippen LogP contribution in [0.3, 0.4) is 0 Å². The second-order valence-electron chi connectivity index (χ2n) is 6.84. The average Bonchev–Trinajstić information content (AvgIpc) is 3.28. The molecule has 0 spiro atoms. The zero-order valence-corrected chi connectivity index (χ0v) is 14.5. The van der Waals surface area contributed by atoms with Gasteiger partial charge in [-0.05, 0) is 26.8 Å². The van der Waals surface area contributed by atoms with Crippen LogP contribution in [0.25, 0.3) is 0 Å². The zero-order chi connectivity index (χ0) is 17.6. The van der Waals surface area contributed by atoms with E-state index >= 15 is 0 Å². The van der Waals surface area contributed by atoms with Gasteiger partial charge in [-0.2, -0.15) is 10.2 Å². The summed E-state index contributed by atoms with van der Waals surface area (Å²) in [6.45, 7) is 6.26. The van der Waals surface area contributed by atoms with Crippen LogP contribution in [0.5, 0.6) is 5.88 Å². The van der Waals surface area contributed by atoms with Crippen LogP contribution in [0.4, 0.5) is 0 Å². The van der Waals surface area contributed by atoms with Crippen molar-refractivity contribution >= 4 is 5.91 Å². The molecule has 2 rings (SSSR count). The number of amides is 1. The van der Waals surface area contributed by atoms with Gasteiger partial charge in [0.2, 0.25) is 11.8 Å². The number of rotatable bonds is 8. The van der Waals surface area contributed by atoms with Gasteiger partial charge in [-0.3, -0.25) is 4.79 Å². The second kappa shape index (κ2) is 7.43. The van der Waals surface area contributed by atoms with Crippen LogP contribution in [-0.2, 0) is 11.3 Å². The summed E-state index contributed by atoms with van der Waals surface area (Å²) in [5.41, 5.74) is 0.0364. The Morgan fingerprint density at radius 2 is 2.08 bits per heavy atom. The Morgan fingerprint density at radius 1 is 1.33 bits per heavy atom. The predicted molar refractivity (Wildman–Crippen MR) is 91.4 cm³/mol. The van der Waals surface area contributed by atoms with E-state index in [1.165, 1.54) is 0 Å². The number of carbonyl (C=O) groups is 1. The molecule has 1 N–H and O–H groups in total. The van der Waals surface area contributed by atoms with Crippen LogP contribution in [-0.4, -0.2) is 22.2 Å². The predicted octanol–water partition coefficient (Wildman–Crippen LogP) is 3.23. The van der Waals surface area contributed by atoms with Gasteiger partial charge in [-0.25, -0.2) is 4.98 Å². The minimum absolute atomic E-state index is 0.0451. The summed E-state index contributed by atoms with van der Waals surface area (Å²) in [7, 11) is 0. The third kappa shape index (κ3) is 5.99. The minimum atomic E-state index is -0.414. The van der Waals surface area contributed by atoms with Gasteiger partial charge in [-0.15, -0.1) is 12.3 Å². The molecule has 6 heteroatoms. The van der Waals surface area contributed by atoms with Crippen molar-refractivity contribution in [2.75, 3.05) is 0 Å². The highest BCUT2D eigenvalue weighted by atomic mass is 16.5. The van der Waals surface area contributed by atoms with Crippen molar-refractivity contribution < 1.29 is 9.53 Å². The smallest absolute Gasteiger partial charge is 0.220 e. The van der Waals surface area contributed by atoms with E-state index in [-0.39, 0.29) is 11.5 Å². The van der Waals surface area contributed by atoms with Crippen LogP contribution in [0, 0.1) is 12.3 Å². The van der Waals surface area contributed by atoms with Crippen molar-refractivity contribution in [1.82, 2.24) is 10.3 Å². The molecule has 0 aromatic carbocycles. The van der Waals surface area contributed by atoms with Gasteiger partial charge >= 0.3 is 0 Å². The molecule has 24 heavy (non-hydrogen) atoms. The lowest BCUT2D eigenvalue weighted by atomic mass is 10.0. The number of carbonyl (C=O) groups excluding carboxylic acids is 1. The highest BCUT2D eigenvalue weighted by Gasteiger charge is 2.39. The average molecular weight is 328 g/mol. The molecular weight excluding hydrogens is 304 g/mol. The molecule has 1 amide bonds. The number of pyridine rings is 1. The van der Waals surface area contributed by atoms with Crippen molar-refractivity contribution in [2.24, 2.45) is 10.2 Å². The van der Waals surface area contributed by atoms with Crippen molar-refractivity contribution in [3.8, 4) is 18.2 Å². The molecule has 0 saturated heterocycles. The lowest BCUT2D eigenvalue weighted by Crippen LogP contribution is -2.26. The molecule has 0 aliphatic carbocycles. The molecular formula is C18H24N4O2. The van der Waals surface area contributed by atoms with E-state index in [4.69, 9.17) is 11.2 Å². The van der Waals surface area contributed by atoms with Gasteiger partial charge < -0.3 is 10.1 Å². The van der Waals surface area contributed by atoms with Crippen molar-refractivity contribution in [3.05, 3.63) is 23.9 Å². The summed E-state index contributed by atoms with van der Waals surface area (Å²) in [6.07, 6.45) is 7.56. The molecule has 0 bridgehead atoms. The lowest BCUT2D eigenvalue weighted by molar-refractivity contribution is -0.121. The van der Waals surface area contributed by atoms with Crippen LogP contribution >= 0.6 is 0 Å². The summed E-state index contributed by atoms with van der Waals surface area (Å²) in [4.78, 5) is 16.4. The number of ether oxygens (including phenoxy) is 1. The first-order valence-corrected chi connectivity index (χ1v) is 8.11. The Kier molecular flexibility index (Phi) is 5.55. The first-order chi connectivity index (χ1) is 11.3. The quantitative estimate of drug-likeness (QED) is 0.744. The van der Waals surface area contributed by atoms with Gasteiger partial charge in [0.15, 0.2) is 5.66 Å². The molecule has 0 atom stereocenters. The molecule has 0 unspecified atom stereocenters. The van der Waals surface area contributed by atoms with Crippen LogP contribution in [0.15, 0.2) is 28.4 Å². The summed E-state index contributed by atoms with van der Waals surface area (Å²) >= 11 is 0. The maximum atomic E-state index is 12.0. The highest BCUT2D eigenvalue weighted by molar-refractivity contribution is 5.75. The van der Waals surface area contributed by atoms with E-state index in [9.17, 15) is 4.79 Å². The molecule has 0 radical (unpaired) electrons. The third-order valence-electron chi connectivity index (χ3n) is 3.46. The number of aromatic nitrogens is 1. The number of nitrogens with one attached hydrogen (secondary N) is 1. The molecule has 1 aliphatic rings. The maximum Gasteiger partial charge on any atom is 0.220 e. The molecule has 1 aliphatic heterocycles. The Hall–Kier alpha value is -2.42. The Morgan fingerprint density at radius 3 is 2.71 bits per heavy atom. The fraction of sp³-hybridized carbons (Fsp3) is 0.556. The Balaban J connectivity index is 1.76. The fourth-order valence-corrected chi connectivity index (χ4v) is 2.19. The standard InChI is InChI=1S/C18H24N4O2/c1-5-6-11-18(21-22-18)12-10-15(23)19-13-14-8-7-9-16(20-14)24-17(2,3)4/h1,7-9H,6,10-13H2,2-4H3,(H,19,23). The number of nitrogens with zero attached hydrogens (tertiary/aromatic N) is 3. The Bertz CT molecular complexity index is 650. The number of terminal acetylenes is 1. The van der Waals surface area contributed by atoms with E-state index in [1.54, 1.807) is 0 Å². The highest BCUT2D eigenvalue weighted by Crippen LogP contribution is 2.37. The Labute approximate surface area is 143 Å². The molecule has 0 saturated carbocycles. The van der Waals surface area contributed by atoms with Crippen LogP contribution in [0.1, 0.15) is 52.1 Å².